The molecule has 0 N–H and O–H groups in total. The lowest BCUT2D eigenvalue weighted by Gasteiger charge is -2.28. The molecule has 1 aliphatic heterocycles. The number of nitrogens with zero attached hydrogens (tertiary/aromatic N) is 3. The summed E-state index contributed by atoms with van der Waals surface area (Å²) in [6.07, 6.45) is -0.369. The van der Waals surface area contributed by atoms with E-state index >= 15 is 0 Å². The molecule has 1 atom stereocenters. The zero-order valence-corrected chi connectivity index (χ0v) is 19.1. The first-order valence-corrected chi connectivity index (χ1v) is 10.9. The van der Waals surface area contributed by atoms with Crippen LogP contribution >= 0.6 is 15.9 Å². The molecular weight excluding hydrogens is 458 g/mol. The Morgan fingerprint density at radius 3 is 2.45 bits per heavy atom. The molecule has 0 aliphatic carbocycles. The highest BCUT2D eigenvalue weighted by molar-refractivity contribution is 9.10. The molecule has 0 saturated heterocycles. The highest BCUT2D eigenvalue weighted by Crippen LogP contribution is 2.42. The van der Waals surface area contributed by atoms with Gasteiger partial charge in [-0.1, -0.05) is 58.4 Å². The van der Waals surface area contributed by atoms with Gasteiger partial charge in [0.2, 0.25) is 0 Å². The summed E-state index contributed by atoms with van der Waals surface area (Å²) in [7, 11) is 3.25. The average molecular weight is 480 g/mol. The van der Waals surface area contributed by atoms with Gasteiger partial charge in [0.05, 0.1) is 28.9 Å². The summed E-state index contributed by atoms with van der Waals surface area (Å²) >= 11 is 3.66. The molecular formula is C24H22BrN3O3. The van der Waals surface area contributed by atoms with E-state index in [9.17, 15) is 9.59 Å². The maximum atomic E-state index is 13.4. The summed E-state index contributed by atoms with van der Waals surface area (Å²) in [5.41, 5.74) is 4.70. The van der Waals surface area contributed by atoms with E-state index < -0.39 is 0 Å². The molecule has 4 aromatic rings. The van der Waals surface area contributed by atoms with E-state index in [1.54, 1.807) is 11.6 Å². The second-order valence-electron chi connectivity index (χ2n) is 7.90. The van der Waals surface area contributed by atoms with Crippen LogP contribution in [-0.4, -0.2) is 20.3 Å². The van der Waals surface area contributed by atoms with Gasteiger partial charge in [-0.2, -0.15) is 0 Å². The number of ether oxygens (including phenoxy) is 1. The molecule has 2 aromatic carbocycles. The molecule has 0 bridgehead atoms. The minimum absolute atomic E-state index is 0.297. The van der Waals surface area contributed by atoms with Crippen LogP contribution in [-0.2, 0) is 25.4 Å². The lowest BCUT2D eigenvalue weighted by atomic mass is 9.99. The molecule has 158 valence electrons. The first kappa shape index (κ1) is 20.0. The van der Waals surface area contributed by atoms with Crippen molar-refractivity contribution in [1.29, 1.82) is 0 Å². The summed E-state index contributed by atoms with van der Waals surface area (Å²) in [5.74, 6) is 0. The maximum absolute atomic E-state index is 13.4. The third-order valence-corrected chi connectivity index (χ3v) is 6.84. The molecule has 0 spiro atoms. The fourth-order valence-corrected chi connectivity index (χ4v) is 5.10. The van der Waals surface area contributed by atoms with Crippen molar-refractivity contribution in [2.45, 2.75) is 19.6 Å². The van der Waals surface area contributed by atoms with Crippen molar-refractivity contribution in [3.8, 4) is 11.3 Å². The molecule has 1 aliphatic rings. The second kappa shape index (κ2) is 7.35. The van der Waals surface area contributed by atoms with Gasteiger partial charge in [-0.25, -0.2) is 4.79 Å². The number of aromatic nitrogens is 3. The second-order valence-corrected chi connectivity index (χ2v) is 8.76. The van der Waals surface area contributed by atoms with Gasteiger partial charge < -0.3 is 9.30 Å². The molecule has 0 radical (unpaired) electrons. The predicted octanol–water partition coefficient (Wildman–Crippen LogP) is 3.90. The van der Waals surface area contributed by atoms with Gasteiger partial charge >= 0.3 is 5.69 Å². The van der Waals surface area contributed by atoms with Crippen molar-refractivity contribution in [1.82, 2.24) is 13.7 Å². The number of rotatable bonds is 2. The van der Waals surface area contributed by atoms with Gasteiger partial charge in [0.15, 0.2) is 0 Å². The lowest BCUT2D eigenvalue weighted by molar-refractivity contribution is 0.0475. The lowest BCUT2D eigenvalue weighted by Crippen LogP contribution is -2.37. The monoisotopic (exact) mass is 479 g/mol. The molecule has 0 saturated carbocycles. The molecule has 5 rings (SSSR count). The molecule has 1 unspecified atom stereocenters. The summed E-state index contributed by atoms with van der Waals surface area (Å²) in [5, 5.41) is 0.538. The Kier molecular flexibility index (Phi) is 4.75. The van der Waals surface area contributed by atoms with Gasteiger partial charge in [-0.3, -0.25) is 13.9 Å². The van der Waals surface area contributed by atoms with Crippen molar-refractivity contribution >= 4 is 26.8 Å². The minimum atomic E-state index is -0.369. The Labute approximate surface area is 187 Å². The van der Waals surface area contributed by atoms with Crippen LogP contribution in [0.4, 0.5) is 0 Å². The Balaban J connectivity index is 1.99. The predicted molar refractivity (Wildman–Crippen MR) is 125 cm³/mol. The highest BCUT2D eigenvalue weighted by atomic mass is 79.9. The third kappa shape index (κ3) is 2.87. The van der Waals surface area contributed by atoms with E-state index in [4.69, 9.17) is 4.74 Å². The zero-order valence-electron chi connectivity index (χ0n) is 17.6. The van der Waals surface area contributed by atoms with Crippen LogP contribution < -0.4 is 11.2 Å². The Hall–Kier alpha value is -2.90. The van der Waals surface area contributed by atoms with Crippen LogP contribution in [0, 0.1) is 6.92 Å². The molecule has 6 nitrogen and oxygen atoms in total. The summed E-state index contributed by atoms with van der Waals surface area (Å²) in [6.45, 7) is 3.16. The normalized spacial score (nSPS) is 15.9. The van der Waals surface area contributed by atoms with Gasteiger partial charge in [0, 0.05) is 30.7 Å². The third-order valence-electron chi connectivity index (χ3n) is 6.15. The smallest absolute Gasteiger partial charge is 0.331 e. The molecule has 3 heterocycles. The van der Waals surface area contributed by atoms with Crippen LogP contribution in [0.5, 0.6) is 0 Å². The maximum Gasteiger partial charge on any atom is 0.331 e. The van der Waals surface area contributed by atoms with Gasteiger partial charge in [-0.15, -0.1) is 0 Å². The number of hydrogen-bond donors (Lipinski definition) is 0. The Morgan fingerprint density at radius 1 is 1.00 bits per heavy atom. The topological polar surface area (TPSA) is 58.2 Å². The van der Waals surface area contributed by atoms with Crippen molar-refractivity contribution in [2.75, 3.05) is 6.61 Å². The zero-order chi connectivity index (χ0) is 21.9. The van der Waals surface area contributed by atoms with Crippen molar-refractivity contribution < 1.29 is 4.74 Å². The molecule has 7 heteroatoms. The van der Waals surface area contributed by atoms with E-state index in [1.807, 2.05) is 42.5 Å². The van der Waals surface area contributed by atoms with E-state index in [1.165, 1.54) is 11.6 Å². The van der Waals surface area contributed by atoms with Gasteiger partial charge in [0.1, 0.15) is 6.10 Å². The SMILES string of the molecule is Cc1ccccc1C1OCCn2c(-c3ccccc3Br)c3c(=O)n(C)c(=O)n(C)c3c21. The largest absolute Gasteiger partial charge is 0.365 e. The van der Waals surface area contributed by atoms with Crippen LogP contribution in [0.1, 0.15) is 22.9 Å². The van der Waals surface area contributed by atoms with Crippen LogP contribution in [0.25, 0.3) is 22.2 Å². The molecule has 2 aromatic heterocycles. The fraction of sp³-hybridized carbons (Fsp3) is 0.250. The van der Waals surface area contributed by atoms with Gasteiger partial charge in [-0.05, 0) is 24.1 Å². The van der Waals surface area contributed by atoms with Gasteiger partial charge in [0.25, 0.3) is 5.56 Å². The number of hydrogen-bond acceptors (Lipinski definition) is 3. The quantitative estimate of drug-likeness (QED) is 0.438. The number of fused-ring (bicyclic) bond motifs is 3. The Bertz CT molecular complexity index is 1460. The summed E-state index contributed by atoms with van der Waals surface area (Å²) < 4.78 is 12.1. The first-order valence-electron chi connectivity index (χ1n) is 10.2. The van der Waals surface area contributed by atoms with E-state index in [0.717, 1.165) is 32.6 Å². The first-order chi connectivity index (χ1) is 14.9. The van der Waals surface area contributed by atoms with Crippen LogP contribution in [0.2, 0.25) is 0 Å². The summed E-state index contributed by atoms with van der Waals surface area (Å²) in [4.78, 5) is 26.3. The van der Waals surface area contributed by atoms with Crippen LogP contribution in [0.15, 0.2) is 62.6 Å². The number of halogens is 1. The average Bonchev–Trinajstić information content (AvgIpc) is 3.12. The van der Waals surface area contributed by atoms with Crippen molar-refractivity contribution in [2.24, 2.45) is 14.1 Å². The van der Waals surface area contributed by atoms with E-state index in [-0.39, 0.29) is 17.4 Å². The number of benzene rings is 2. The number of aryl methyl sites for hydroxylation is 2. The Morgan fingerprint density at radius 2 is 1.71 bits per heavy atom. The molecule has 31 heavy (non-hydrogen) atoms. The minimum Gasteiger partial charge on any atom is -0.365 e. The molecule has 0 fully saturated rings. The molecule has 0 amide bonds. The highest BCUT2D eigenvalue weighted by Gasteiger charge is 2.33. The van der Waals surface area contributed by atoms with Crippen molar-refractivity contribution in [3.05, 3.63) is 90.7 Å². The standard InChI is InChI=1S/C24H22BrN3O3/c1-14-8-4-5-9-15(14)22-21-20-18(23(29)27(3)24(30)26(20)2)19(28(21)12-13-31-22)16-10-6-7-11-17(16)25/h4-11,22H,12-13H2,1-3H3. The van der Waals surface area contributed by atoms with E-state index in [2.05, 4.69) is 33.5 Å². The fourth-order valence-electron chi connectivity index (χ4n) is 4.63. The van der Waals surface area contributed by atoms with Crippen molar-refractivity contribution in [3.63, 3.8) is 0 Å². The summed E-state index contributed by atoms with van der Waals surface area (Å²) in [6, 6.07) is 15.9. The van der Waals surface area contributed by atoms with E-state index in [0.29, 0.717) is 24.1 Å². The van der Waals surface area contributed by atoms with Crippen LogP contribution in [0.3, 0.4) is 0 Å².